The monoisotopic (exact) mass is 547 g/mol. The first-order valence-electron chi connectivity index (χ1n) is 12.8. The Bertz CT molecular complexity index is 1780. The lowest BCUT2D eigenvalue weighted by Gasteiger charge is -2.23. The summed E-state index contributed by atoms with van der Waals surface area (Å²) in [7, 11) is 0. The topological polar surface area (TPSA) is 92.6 Å². The minimum atomic E-state index is -0.907. The third kappa shape index (κ3) is 4.63. The Morgan fingerprint density at radius 3 is 2.52 bits per heavy atom. The van der Waals surface area contributed by atoms with Crippen LogP contribution in [0, 0.1) is 13.8 Å². The number of aromatic nitrogens is 2. The molecule has 1 aliphatic heterocycles. The minimum absolute atomic E-state index is 0.0106. The summed E-state index contributed by atoms with van der Waals surface area (Å²) < 4.78 is 6.97. The Kier molecular flexibility index (Phi) is 6.61. The van der Waals surface area contributed by atoms with Gasteiger partial charge in [0.05, 0.1) is 21.8 Å². The first kappa shape index (κ1) is 25.5. The highest BCUT2D eigenvalue weighted by molar-refractivity contribution is 7.22. The van der Waals surface area contributed by atoms with E-state index >= 15 is 0 Å². The molecule has 1 unspecified atom stereocenters. The lowest BCUT2D eigenvalue weighted by molar-refractivity contribution is -0.132. The second-order valence-corrected chi connectivity index (χ2v) is 10.7. The number of ketones is 1. The molecule has 0 bridgehead atoms. The van der Waals surface area contributed by atoms with Crippen molar-refractivity contribution in [3.63, 3.8) is 0 Å². The standard InChI is InChI=1S/C32H25N3O4S/c1-19-15-20(2)27-25(16-19)40-32(34-27)35-28(26(30(37)31(35)38)29(36)22-11-13-33-14-12-22)23-9-6-10-24(17-23)39-18-21-7-4-3-5-8-21/h3-17,28,36H,18H2,1-2H3/b29-26+. The predicted molar refractivity (Wildman–Crippen MR) is 155 cm³/mol. The number of aryl methyl sites for hydroxylation is 2. The SMILES string of the molecule is Cc1cc(C)c2nc(N3C(=O)C(=O)/C(=C(/O)c4ccncc4)C3c3cccc(OCc4ccccc4)c3)sc2c1. The van der Waals surface area contributed by atoms with Crippen LogP contribution in [0.4, 0.5) is 5.13 Å². The number of carbonyl (C=O) groups is 2. The molecule has 1 fully saturated rings. The van der Waals surface area contributed by atoms with Gasteiger partial charge < -0.3 is 9.84 Å². The minimum Gasteiger partial charge on any atom is -0.507 e. The van der Waals surface area contributed by atoms with Crippen molar-refractivity contribution in [3.8, 4) is 5.75 Å². The van der Waals surface area contributed by atoms with Crippen molar-refractivity contribution in [2.75, 3.05) is 4.90 Å². The second-order valence-electron chi connectivity index (χ2n) is 9.68. The molecule has 198 valence electrons. The molecule has 3 aromatic carbocycles. The molecule has 1 atom stereocenters. The van der Waals surface area contributed by atoms with E-state index in [0.717, 1.165) is 26.9 Å². The van der Waals surface area contributed by atoms with Gasteiger partial charge in [0.15, 0.2) is 5.13 Å². The molecule has 7 nitrogen and oxygen atoms in total. The van der Waals surface area contributed by atoms with Crippen LogP contribution in [0.15, 0.2) is 96.8 Å². The number of benzene rings is 3. The Labute approximate surface area is 235 Å². The van der Waals surface area contributed by atoms with Crippen molar-refractivity contribution in [2.24, 2.45) is 0 Å². The summed E-state index contributed by atoms with van der Waals surface area (Å²) in [6.07, 6.45) is 3.05. The van der Waals surface area contributed by atoms with Crippen molar-refractivity contribution in [2.45, 2.75) is 26.5 Å². The van der Waals surface area contributed by atoms with Gasteiger partial charge in [-0.3, -0.25) is 19.5 Å². The molecule has 0 spiro atoms. The number of nitrogens with zero attached hydrogens (tertiary/aromatic N) is 3. The van der Waals surface area contributed by atoms with E-state index in [9.17, 15) is 14.7 Å². The van der Waals surface area contributed by atoms with Gasteiger partial charge in [-0.2, -0.15) is 0 Å². The van der Waals surface area contributed by atoms with Crippen molar-refractivity contribution in [1.29, 1.82) is 0 Å². The highest BCUT2D eigenvalue weighted by Gasteiger charge is 2.48. The molecule has 1 aliphatic rings. The number of thiazole rings is 1. The summed E-state index contributed by atoms with van der Waals surface area (Å²) in [5, 5.41) is 11.7. The van der Waals surface area contributed by atoms with Gasteiger partial charge in [0.1, 0.15) is 18.1 Å². The zero-order chi connectivity index (χ0) is 27.8. The van der Waals surface area contributed by atoms with Gasteiger partial charge in [-0.05, 0) is 66.4 Å². The van der Waals surface area contributed by atoms with E-state index in [-0.39, 0.29) is 11.3 Å². The van der Waals surface area contributed by atoms with E-state index in [1.165, 1.54) is 28.6 Å². The fourth-order valence-corrected chi connectivity index (χ4v) is 6.16. The first-order valence-corrected chi connectivity index (χ1v) is 13.6. The average Bonchev–Trinajstić information content (AvgIpc) is 3.51. The molecule has 1 N–H and O–H groups in total. The first-order chi connectivity index (χ1) is 19.4. The normalized spacial score (nSPS) is 16.6. The number of amides is 1. The molecular formula is C32H25N3O4S. The number of Topliss-reactive ketones (excluding diaryl/α,β-unsaturated/α-hetero) is 1. The maximum atomic E-state index is 13.6. The van der Waals surface area contributed by atoms with Crippen LogP contribution >= 0.6 is 11.3 Å². The smallest absolute Gasteiger partial charge is 0.301 e. The zero-order valence-electron chi connectivity index (χ0n) is 21.9. The quantitative estimate of drug-likeness (QED) is 0.148. The number of aliphatic hydroxyl groups is 1. The van der Waals surface area contributed by atoms with Crippen LogP contribution < -0.4 is 9.64 Å². The molecule has 0 radical (unpaired) electrons. The molecule has 8 heteroatoms. The summed E-state index contributed by atoms with van der Waals surface area (Å²) in [4.78, 5) is 37.3. The van der Waals surface area contributed by atoms with Gasteiger partial charge >= 0.3 is 5.91 Å². The number of fused-ring (bicyclic) bond motifs is 1. The average molecular weight is 548 g/mol. The van der Waals surface area contributed by atoms with E-state index in [4.69, 9.17) is 9.72 Å². The molecule has 6 rings (SSSR count). The van der Waals surface area contributed by atoms with Gasteiger partial charge in [-0.25, -0.2) is 4.98 Å². The second kappa shape index (κ2) is 10.4. The van der Waals surface area contributed by atoms with Gasteiger partial charge in [0.25, 0.3) is 5.78 Å². The summed E-state index contributed by atoms with van der Waals surface area (Å²) in [6, 6.07) is 23.4. The van der Waals surface area contributed by atoms with Crippen LogP contribution in [0.5, 0.6) is 5.75 Å². The molecule has 0 saturated carbocycles. The van der Waals surface area contributed by atoms with E-state index in [0.29, 0.717) is 28.6 Å². The summed E-state index contributed by atoms with van der Waals surface area (Å²) in [5.41, 5.74) is 4.86. The number of ether oxygens (including phenoxy) is 1. The maximum Gasteiger partial charge on any atom is 0.301 e. The maximum absolute atomic E-state index is 13.6. The van der Waals surface area contributed by atoms with Gasteiger partial charge in [-0.1, -0.05) is 59.9 Å². The summed E-state index contributed by atoms with van der Waals surface area (Å²) in [5.74, 6) is -1.21. The van der Waals surface area contributed by atoms with Gasteiger partial charge in [0, 0.05) is 18.0 Å². The third-order valence-corrected chi connectivity index (χ3v) is 7.85. The fraction of sp³-hybridized carbons (Fsp3) is 0.125. The Balaban J connectivity index is 1.48. The van der Waals surface area contributed by atoms with E-state index in [2.05, 4.69) is 4.98 Å². The van der Waals surface area contributed by atoms with Crippen LogP contribution in [-0.4, -0.2) is 26.8 Å². The molecule has 2 aromatic heterocycles. The number of rotatable bonds is 6. The van der Waals surface area contributed by atoms with Crippen LogP contribution in [-0.2, 0) is 16.2 Å². The number of aliphatic hydroxyl groups excluding tert-OH is 1. The third-order valence-electron chi connectivity index (χ3n) is 6.84. The molecule has 1 amide bonds. The van der Waals surface area contributed by atoms with E-state index < -0.39 is 17.7 Å². The van der Waals surface area contributed by atoms with Crippen LogP contribution in [0.3, 0.4) is 0 Å². The zero-order valence-corrected chi connectivity index (χ0v) is 22.7. The molecule has 3 heterocycles. The molecule has 0 aliphatic carbocycles. The van der Waals surface area contributed by atoms with Crippen molar-refractivity contribution < 1.29 is 19.4 Å². The van der Waals surface area contributed by atoms with Crippen molar-refractivity contribution >= 4 is 44.1 Å². The summed E-state index contributed by atoms with van der Waals surface area (Å²) in [6.45, 7) is 4.34. The number of carbonyl (C=O) groups excluding carboxylic acids is 2. The Morgan fingerprint density at radius 2 is 1.75 bits per heavy atom. The fourth-order valence-electron chi connectivity index (χ4n) is 4.99. The lowest BCUT2D eigenvalue weighted by Crippen LogP contribution is -2.29. The number of hydrogen-bond donors (Lipinski definition) is 1. The Hall–Kier alpha value is -4.82. The van der Waals surface area contributed by atoms with E-state index in [1.807, 2.05) is 74.5 Å². The number of anilines is 1. The van der Waals surface area contributed by atoms with Crippen LogP contribution in [0.1, 0.15) is 33.9 Å². The van der Waals surface area contributed by atoms with Gasteiger partial charge in [-0.15, -0.1) is 0 Å². The highest BCUT2D eigenvalue weighted by Crippen LogP contribution is 2.45. The van der Waals surface area contributed by atoms with Crippen LogP contribution in [0.2, 0.25) is 0 Å². The molecule has 5 aromatic rings. The van der Waals surface area contributed by atoms with Gasteiger partial charge in [0.2, 0.25) is 0 Å². The lowest BCUT2D eigenvalue weighted by atomic mass is 9.95. The van der Waals surface area contributed by atoms with Crippen molar-refractivity contribution in [3.05, 3.63) is 125 Å². The van der Waals surface area contributed by atoms with Crippen molar-refractivity contribution in [1.82, 2.24) is 9.97 Å². The van der Waals surface area contributed by atoms with E-state index in [1.54, 1.807) is 18.2 Å². The highest BCUT2D eigenvalue weighted by atomic mass is 32.1. The molecule has 40 heavy (non-hydrogen) atoms. The molecular weight excluding hydrogens is 522 g/mol. The largest absolute Gasteiger partial charge is 0.507 e. The number of hydrogen-bond acceptors (Lipinski definition) is 7. The molecule has 1 saturated heterocycles. The number of pyridine rings is 1. The summed E-state index contributed by atoms with van der Waals surface area (Å²) >= 11 is 1.34. The van der Waals surface area contributed by atoms with Crippen LogP contribution in [0.25, 0.3) is 16.0 Å². The predicted octanol–water partition coefficient (Wildman–Crippen LogP) is 6.51. The Morgan fingerprint density at radius 1 is 0.975 bits per heavy atom.